The number of H-pyrrole nitrogens is 1. The Balaban J connectivity index is 1.31. The Morgan fingerprint density at radius 2 is 1.69 bits per heavy atom. The second kappa shape index (κ2) is 10.9. The zero-order valence-corrected chi connectivity index (χ0v) is 20.6. The minimum Gasteiger partial charge on any atom is -0.616 e. The number of rotatable bonds is 10. The van der Waals surface area contributed by atoms with Crippen LogP contribution < -0.4 is 14.8 Å². The van der Waals surface area contributed by atoms with E-state index in [9.17, 15) is 19.9 Å². The average Bonchev–Trinajstić information content (AvgIpc) is 3.36. The third kappa shape index (κ3) is 5.80. The lowest BCUT2D eigenvalue weighted by atomic mass is 9.91. The standard InChI is InChI=1S/C29H24N4O6/c34-27(35)16-22(19-10-12-20(13-11-19)28(36)37)25-6-3-7-26(33(25)38)39-21-14-8-18(9-15-21)17-30-29-31-23-4-1-2-5-24(23)32-29/h1-15,22H,16-17H2,(H,34,35)(H,36,37)(H2,30,31,32). The van der Waals surface area contributed by atoms with E-state index in [4.69, 9.17) is 9.84 Å². The van der Waals surface area contributed by atoms with Crippen molar-refractivity contribution < 1.29 is 29.3 Å². The summed E-state index contributed by atoms with van der Waals surface area (Å²) < 4.78 is 6.40. The van der Waals surface area contributed by atoms with Gasteiger partial charge in [-0.25, -0.2) is 9.78 Å². The second-order valence-electron chi connectivity index (χ2n) is 8.86. The Bertz CT molecular complexity index is 1600. The van der Waals surface area contributed by atoms with E-state index in [-0.39, 0.29) is 23.6 Å². The van der Waals surface area contributed by atoms with Gasteiger partial charge in [0.05, 0.1) is 35.0 Å². The lowest BCUT2D eigenvalue weighted by molar-refractivity contribution is -0.620. The first kappa shape index (κ1) is 25.3. The topological polar surface area (TPSA) is 151 Å². The van der Waals surface area contributed by atoms with Crippen molar-refractivity contribution >= 4 is 28.9 Å². The Labute approximate surface area is 222 Å². The molecule has 5 rings (SSSR count). The maximum atomic E-state index is 13.2. The molecule has 39 heavy (non-hydrogen) atoms. The molecule has 1 unspecified atom stereocenters. The fourth-order valence-electron chi connectivity index (χ4n) is 4.27. The lowest BCUT2D eigenvalue weighted by Gasteiger charge is -2.17. The number of aromatic carboxylic acids is 1. The summed E-state index contributed by atoms with van der Waals surface area (Å²) in [6.07, 6.45) is -0.356. The number of imidazole rings is 1. The Kier molecular flexibility index (Phi) is 7.09. The predicted octanol–water partition coefficient (Wildman–Crippen LogP) is 4.91. The Morgan fingerprint density at radius 1 is 0.949 bits per heavy atom. The van der Waals surface area contributed by atoms with Gasteiger partial charge in [-0.2, -0.15) is 0 Å². The van der Waals surface area contributed by atoms with Crippen LogP contribution in [0.1, 0.15) is 39.5 Å². The third-order valence-corrected chi connectivity index (χ3v) is 6.23. The number of carboxylic acids is 2. The number of nitrogens with one attached hydrogen (secondary N) is 2. The van der Waals surface area contributed by atoms with Crippen LogP contribution in [0, 0.1) is 5.21 Å². The van der Waals surface area contributed by atoms with E-state index in [2.05, 4.69) is 15.3 Å². The van der Waals surface area contributed by atoms with Gasteiger partial charge in [-0.15, -0.1) is 4.73 Å². The van der Waals surface area contributed by atoms with Crippen LogP contribution in [0.4, 0.5) is 5.95 Å². The number of benzene rings is 3. The summed E-state index contributed by atoms with van der Waals surface area (Å²) in [4.78, 5) is 30.5. The average molecular weight is 525 g/mol. The molecule has 10 nitrogen and oxygen atoms in total. The van der Waals surface area contributed by atoms with Crippen LogP contribution >= 0.6 is 0 Å². The van der Waals surface area contributed by atoms with Crippen molar-refractivity contribution in [3.63, 3.8) is 0 Å². The minimum atomic E-state index is -1.10. The zero-order valence-electron chi connectivity index (χ0n) is 20.6. The highest BCUT2D eigenvalue weighted by atomic mass is 16.6. The number of aromatic nitrogens is 3. The molecule has 0 spiro atoms. The molecule has 196 valence electrons. The second-order valence-corrected chi connectivity index (χ2v) is 8.86. The van der Waals surface area contributed by atoms with E-state index in [1.54, 1.807) is 18.2 Å². The molecule has 0 amide bonds. The molecule has 0 saturated heterocycles. The number of carboxylic acid groups (broad SMARTS) is 2. The fraction of sp³-hybridized carbons (Fsp3) is 0.103. The van der Waals surface area contributed by atoms with Crippen LogP contribution in [-0.4, -0.2) is 32.1 Å². The van der Waals surface area contributed by atoms with Crippen LogP contribution in [0.25, 0.3) is 11.0 Å². The normalized spacial score (nSPS) is 11.7. The first-order chi connectivity index (χ1) is 18.9. The minimum absolute atomic E-state index is 0.0156. The van der Waals surface area contributed by atoms with E-state index in [1.165, 1.54) is 36.4 Å². The molecule has 4 N–H and O–H groups in total. The Morgan fingerprint density at radius 3 is 2.38 bits per heavy atom. The molecule has 0 bridgehead atoms. The first-order valence-corrected chi connectivity index (χ1v) is 12.1. The maximum Gasteiger partial charge on any atom is 0.385 e. The lowest BCUT2D eigenvalue weighted by Crippen LogP contribution is -2.35. The van der Waals surface area contributed by atoms with Crippen LogP contribution in [0.3, 0.4) is 0 Å². The number of nitrogens with zero attached hydrogens (tertiary/aromatic N) is 2. The summed E-state index contributed by atoms with van der Waals surface area (Å²) in [6, 6.07) is 25.4. The highest BCUT2D eigenvalue weighted by molar-refractivity contribution is 5.87. The summed E-state index contributed by atoms with van der Waals surface area (Å²) in [5.74, 6) is -1.92. The van der Waals surface area contributed by atoms with Crippen molar-refractivity contribution in [2.24, 2.45) is 0 Å². The van der Waals surface area contributed by atoms with Crippen molar-refractivity contribution in [3.05, 3.63) is 119 Å². The van der Waals surface area contributed by atoms with E-state index in [1.807, 2.05) is 36.4 Å². The predicted molar refractivity (Wildman–Crippen MR) is 143 cm³/mol. The van der Waals surface area contributed by atoms with Gasteiger partial charge in [-0.05, 0) is 53.6 Å². The molecule has 1 atom stereocenters. The molecule has 0 aliphatic carbocycles. The number of anilines is 1. The molecular weight excluding hydrogens is 500 g/mol. The molecule has 0 saturated carbocycles. The highest BCUT2D eigenvalue weighted by Crippen LogP contribution is 2.28. The Hall–Kier alpha value is -5.38. The van der Waals surface area contributed by atoms with Gasteiger partial charge in [0.15, 0.2) is 0 Å². The molecule has 10 heteroatoms. The summed E-state index contributed by atoms with van der Waals surface area (Å²) in [5.41, 5.74) is 3.53. The van der Waals surface area contributed by atoms with Crippen LogP contribution in [0.5, 0.6) is 11.6 Å². The van der Waals surface area contributed by atoms with E-state index < -0.39 is 17.9 Å². The highest BCUT2D eigenvalue weighted by Gasteiger charge is 2.27. The zero-order chi connectivity index (χ0) is 27.4. The molecule has 3 aromatic carbocycles. The number of hydrogen-bond acceptors (Lipinski definition) is 6. The summed E-state index contributed by atoms with van der Waals surface area (Å²) in [5, 5.41) is 35.1. The van der Waals surface area contributed by atoms with Crippen LogP contribution in [0.15, 0.2) is 91.0 Å². The van der Waals surface area contributed by atoms with E-state index >= 15 is 0 Å². The van der Waals surface area contributed by atoms with Gasteiger partial charge in [0.2, 0.25) is 11.6 Å². The third-order valence-electron chi connectivity index (χ3n) is 6.23. The molecule has 0 fully saturated rings. The van der Waals surface area contributed by atoms with Crippen molar-refractivity contribution in [1.82, 2.24) is 9.97 Å². The van der Waals surface area contributed by atoms with Gasteiger partial charge in [0, 0.05) is 12.6 Å². The molecule has 0 radical (unpaired) electrons. The first-order valence-electron chi connectivity index (χ1n) is 12.1. The number of ether oxygens (including phenoxy) is 1. The molecule has 0 aliphatic rings. The largest absolute Gasteiger partial charge is 0.616 e. The van der Waals surface area contributed by atoms with Crippen LogP contribution in [-0.2, 0) is 11.3 Å². The number of carbonyl (C=O) groups is 2. The van der Waals surface area contributed by atoms with E-state index in [0.29, 0.717) is 28.5 Å². The summed E-state index contributed by atoms with van der Waals surface area (Å²) in [6.45, 7) is 0.522. The van der Waals surface area contributed by atoms with Gasteiger partial charge < -0.3 is 30.5 Å². The van der Waals surface area contributed by atoms with E-state index in [0.717, 1.165) is 16.6 Å². The number of aliphatic carboxylic acids is 1. The van der Waals surface area contributed by atoms with Crippen LogP contribution in [0.2, 0.25) is 0 Å². The quantitative estimate of drug-likeness (QED) is 0.149. The molecular formula is C29H24N4O6. The molecule has 2 heterocycles. The monoisotopic (exact) mass is 524 g/mol. The number of hydrogen-bond donors (Lipinski definition) is 4. The van der Waals surface area contributed by atoms with Crippen molar-refractivity contribution in [1.29, 1.82) is 0 Å². The summed E-state index contributed by atoms with van der Waals surface area (Å²) >= 11 is 0. The number of fused-ring (bicyclic) bond motifs is 1. The van der Waals surface area contributed by atoms with Gasteiger partial charge in [0.25, 0.3) is 0 Å². The summed E-state index contributed by atoms with van der Waals surface area (Å²) in [7, 11) is 0. The number of pyridine rings is 1. The van der Waals surface area contributed by atoms with Gasteiger partial charge in [-0.3, -0.25) is 4.79 Å². The van der Waals surface area contributed by atoms with Gasteiger partial charge in [0.1, 0.15) is 5.75 Å². The van der Waals surface area contributed by atoms with Gasteiger partial charge >= 0.3 is 17.8 Å². The van der Waals surface area contributed by atoms with Crippen molar-refractivity contribution in [3.8, 4) is 11.6 Å². The fourth-order valence-corrected chi connectivity index (χ4v) is 4.27. The molecule has 2 aromatic heterocycles. The molecule has 5 aromatic rings. The number of para-hydroxylation sites is 2. The van der Waals surface area contributed by atoms with Gasteiger partial charge in [-0.1, -0.05) is 36.4 Å². The SMILES string of the molecule is O=C(O)CC(c1ccc(C(=O)O)cc1)c1cccc(Oc2ccc(CNc3nc4ccccc4[nH]3)cc2)[n+]1[O-]. The maximum absolute atomic E-state index is 13.2. The molecule has 0 aliphatic heterocycles. The number of aromatic amines is 1. The smallest absolute Gasteiger partial charge is 0.385 e. The van der Waals surface area contributed by atoms with Crippen molar-refractivity contribution in [2.75, 3.05) is 5.32 Å². The van der Waals surface area contributed by atoms with Crippen molar-refractivity contribution in [2.45, 2.75) is 18.9 Å².